The number of carbonyl (C=O) groups excluding carboxylic acids is 1. The van der Waals surface area contributed by atoms with E-state index in [4.69, 9.17) is 14.2 Å². The van der Waals surface area contributed by atoms with Gasteiger partial charge in [0.15, 0.2) is 0 Å². The summed E-state index contributed by atoms with van der Waals surface area (Å²) in [5, 5.41) is 12.0. The number of benzene rings is 1. The van der Waals surface area contributed by atoms with Crippen LogP contribution in [0.1, 0.15) is 18.4 Å². The number of rotatable bonds is 6. The average Bonchev–Trinajstić information content (AvgIpc) is 3.11. The van der Waals surface area contributed by atoms with Gasteiger partial charge >= 0.3 is 0 Å². The van der Waals surface area contributed by atoms with Crippen molar-refractivity contribution in [3.8, 4) is 17.6 Å². The lowest BCUT2D eigenvalue weighted by Gasteiger charge is -2.11. The Morgan fingerprint density at radius 1 is 1.48 bits per heavy atom. The first-order valence-electron chi connectivity index (χ1n) is 7.41. The largest absolute Gasteiger partial charge is 0.497 e. The smallest absolute Gasteiger partial charge is 0.262 e. The fourth-order valence-electron chi connectivity index (χ4n) is 2.35. The zero-order valence-electron chi connectivity index (χ0n) is 13.3. The number of nitrogens with one attached hydrogen (secondary N) is 1. The highest BCUT2D eigenvalue weighted by atomic mass is 16.5. The molecule has 0 aliphatic carbocycles. The van der Waals surface area contributed by atoms with Crippen molar-refractivity contribution in [1.82, 2.24) is 5.32 Å². The van der Waals surface area contributed by atoms with E-state index < -0.39 is 5.91 Å². The second-order valence-electron chi connectivity index (χ2n) is 5.12. The van der Waals surface area contributed by atoms with Crippen LogP contribution >= 0.6 is 0 Å². The third-order valence-electron chi connectivity index (χ3n) is 3.62. The van der Waals surface area contributed by atoms with Crippen LogP contribution in [0, 0.1) is 11.3 Å². The predicted molar refractivity (Wildman–Crippen MR) is 85.1 cm³/mol. The normalized spacial score (nSPS) is 17.4. The number of ether oxygens (including phenoxy) is 3. The Kier molecular flexibility index (Phi) is 6.01. The van der Waals surface area contributed by atoms with E-state index in [2.05, 4.69) is 5.32 Å². The number of nitriles is 1. The average molecular weight is 316 g/mol. The number of carbonyl (C=O) groups is 1. The van der Waals surface area contributed by atoms with E-state index in [9.17, 15) is 10.1 Å². The van der Waals surface area contributed by atoms with Gasteiger partial charge in [-0.15, -0.1) is 0 Å². The first-order chi connectivity index (χ1) is 11.2. The molecule has 23 heavy (non-hydrogen) atoms. The van der Waals surface area contributed by atoms with Crippen molar-refractivity contribution in [2.45, 2.75) is 18.9 Å². The van der Waals surface area contributed by atoms with Gasteiger partial charge in [0.05, 0.1) is 20.3 Å². The highest BCUT2D eigenvalue weighted by molar-refractivity contribution is 6.02. The molecule has 1 N–H and O–H groups in total. The number of methoxy groups -OCH3 is 2. The molecule has 1 heterocycles. The Balaban J connectivity index is 2.11. The van der Waals surface area contributed by atoms with Crippen LogP contribution in [-0.4, -0.2) is 39.4 Å². The van der Waals surface area contributed by atoms with E-state index in [0.29, 0.717) is 23.6 Å². The van der Waals surface area contributed by atoms with Gasteiger partial charge in [0.25, 0.3) is 5.91 Å². The maximum atomic E-state index is 12.1. The number of amides is 1. The molecule has 0 spiro atoms. The minimum absolute atomic E-state index is 0.0199. The summed E-state index contributed by atoms with van der Waals surface area (Å²) < 4.78 is 15.8. The Morgan fingerprint density at radius 2 is 2.30 bits per heavy atom. The number of hydrogen-bond acceptors (Lipinski definition) is 5. The maximum Gasteiger partial charge on any atom is 0.262 e. The molecule has 0 saturated carbocycles. The molecular formula is C17H20N2O4. The molecule has 122 valence electrons. The maximum absolute atomic E-state index is 12.1. The van der Waals surface area contributed by atoms with E-state index in [-0.39, 0.29) is 11.7 Å². The lowest BCUT2D eigenvalue weighted by Crippen LogP contribution is -2.32. The molecule has 1 amide bonds. The molecule has 0 aromatic heterocycles. The van der Waals surface area contributed by atoms with Gasteiger partial charge in [-0.25, -0.2) is 0 Å². The van der Waals surface area contributed by atoms with Crippen molar-refractivity contribution < 1.29 is 19.0 Å². The van der Waals surface area contributed by atoms with Crippen LogP contribution < -0.4 is 14.8 Å². The standard InChI is InChI=1S/C17H20N2O4/c1-21-14-6-5-12(16(9-14)22-2)8-13(10-18)17(20)19-11-15-4-3-7-23-15/h5-6,8-9,15H,3-4,7,11H2,1-2H3,(H,19,20)/b13-8+. The van der Waals surface area contributed by atoms with Gasteiger partial charge in [-0.05, 0) is 31.1 Å². The van der Waals surface area contributed by atoms with E-state index in [1.165, 1.54) is 13.2 Å². The summed E-state index contributed by atoms with van der Waals surface area (Å²) in [5.74, 6) is 0.755. The van der Waals surface area contributed by atoms with Crippen molar-refractivity contribution in [3.05, 3.63) is 29.3 Å². The molecule has 1 aliphatic heterocycles. The lowest BCUT2D eigenvalue weighted by molar-refractivity contribution is -0.117. The molecule has 0 radical (unpaired) electrons. The summed E-state index contributed by atoms with van der Waals surface area (Å²) in [4.78, 5) is 12.1. The quantitative estimate of drug-likeness (QED) is 0.640. The fourth-order valence-corrected chi connectivity index (χ4v) is 2.35. The molecule has 1 aliphatic rings. The van der Waals surface area contributed by atoms with Crippen LogP contribution in [0.3, 0.4) is 0 Å². The van der Waals surface area contributed by atoms with Crippen molar-refractivity contribution in [1.29, 1.82) is 5.26 Å². The SMILES string of the molecule is COc1ccc(/C=C(\C#N)C(=O)NCC2CCCO2)c(OC)c1. The van der Waals surface area contributed by atoms with Crippen LogP contribution in [0.2, 0.25) is 0 Å². The molecule has 1 atom stereocenters. The summed E-state index contributed by atoms with van der Waals surface area (Å²) in [7, 11) is 3.08. The minimum Gasteiger partial charge on any atom is -0.497 e. The monoisotopic (exact) mass is 316 g/mol. The molecule has 1 saturated heterocycles. The van der Waals surface area contributed by atoms with E-state index in [1.807, 2.05) is 6.07 Å². The molecular weight excluding hydrogens is 296 g/mol. The van der Waals surface area contributed by atoms with Gasteiger partial charge in [-0.2, -0.15) is 5.26 Å². The van der Waals surface area contributed by atoms with Gasteiger partial charge in [0, 0.05) is 24.8 Å². The molecule has 1 unspecified atom stereocenters. The number of nitrogens with zero attached hydrogens (tertiary/aromatic N) is 1. The lowest BCUT2D eigenvalue weighted by atomic mass is 10.1. The second-order valence-corrected chi connectivity index (χ2v) is 5.12. The van der Waals surface area contributed by atoms with Gasteiger partial charge in [-0.3, -0.25) is 4.79 Å². The summed E-state index contributed by atoms with van der Waals surface area (Å²) in [5.41, 5.74) is 0.656. The number of hydrogen-bond donors (Lipinski definition) is 1. The van der Waals surface area contributed by atoms with Crippen LogP contribution in [-0.2, 0) is 9.53 Å². The Hall–Kier alpha value is -2.52. The Morgan fingerprint density at radius 3 is 2.91 bits per heavy atom. The minimum atomic E-state index is -0.416. The zero-order chi connectivity index (χ0) is 16.7. The third-order valence-corrected chi connectivity index (χ3v) is 3.62. The molecule has 0 bridgehead atoms. The third kappa shape index (κ3) is 4.47. The molecule has 1 aromatic carbocycles. The summed E-state index contributed by atoms with van der Waals surface area (Å²) >= 11 is 0. The summed E-state index contributed by atoms with van der Waals surface area (Å²) in [6.45, 7) is 1.14. The fraction of sp³-hybridized carbons (Fsp3) is 0.412. The molecule has 6 nitrogen and oxygen atoms in total. The van der Waals surface area contributed by atoms with E-state index >= 15 is 0 Å². The molecule has 1 fully saturated rings. The van der Waals surface area contributed by atoms with Crippen LogP contribution in [0.25, 0.3) is 6.08 Å². The topological polar surface area (TPSA) is 80.6 Å². The van der Waals surface area contributed by atoms with Crippen LogP contribution in [0.4, 0.5) is 0 Å². The Bertz CT molecular complexity index is 628. The first-order valence-corrected chi connectivity index (χ1v) is 7.41. The van der Waals surface area contributed by atoms with Gasteiger partial charge in [0.2, 0.25) is 0 Å². The molecule has 1 aromatic rings. The first kappa shape index (κ1) is 16.8. The van der Waals surface area contributed by atoms with Gasteiger partial charge in [-0.1, -0.05) is 0 Å². The van der Waals surface area contributed by atoms with Crippen LogP contribution in [0.15, 0.2) is 23.8 Å². The highest BCUT2D eigenvalue weighted by Gasteiger charge is 2.18. The van der Waals surface area contributed by atoms with Crippen molar-refractivity contribution >= 4 is 12.0 Å². The van der Waals surface area contributed by atoms with Crippen molar-refractivity contribution in [2.24, 2.45) is 0 Å². The predicted octanol–water partition coefficient (Wildman–Crippen LogP) is 1.91. The highest BCUT2D eigenvalue weighted by Crippen LogP contribution is 2.26. The second kappa shape index (κ2) is 8.20. The Labute approximate surface area is 135 Å². The van der Waals surface area contributed by atoms with E-state index in [0.717, 1.165) is 19.4 Å². The molecule has 6 heteroatoms. The van der Waals surface area contributed by atoms with Gasteiger partial charge < -0.3 is 19.5 Å². The molecule has 2 rings (SSSR count). The van der Waals surface area contributed by atoms with Crippen molar-refractivity contribution in [2.75, 3.05) is 27.4 Å². The van der Waals surface area contributed by atoms with E-state index in [1.54, 1.807) is 25.3 Å². The summed E-state index contributed by atoms with van der Waals surface area (Å²) in [6, 6.07) is 7.11. The van der Waals surface area contributed by atoms with Crippen molar-refractivity contribution in [3.63, 3.8) is 0 Å². The van der Waals surface area contributed by atoms with Crippen LogP contribution in [0.5, 0.6) is 11.5 Å². The van der Waals surface area contributed by atoms with Gasteiger partial charge in [0.1, 0.15) is 23.1 Å². The zero-order valence-corrected chi connectivity index (χ0v) is 13.3. The summed E-state index contributed by atoms with van der Waals surface area (Å²) in [6.07, 6.45) is 3.47.